The Morgan fingerprint density at radius 3 is 2.04 bits per heavy atom. The number of halogens is 3. The van der Waals surface area contributed by atoms with Crippen LogP contribution >= 0.6 is 34.8 Å². The van der Waals surface area contributed by atoms with Crippen molar-refractivity contribution in [3.05, 3.63) is 74.3 Å². The molecule has 0 amide bonds. The first-order chi connectivity index (χ1) is 11.1. The molecule has 2 nitrogen and oxygen atoms in total. The third-order valence-electron chi connectivity index (χ3n) is 3.56. The highest BCUT2D eigenvalue weighted by atomic mass is 35.5. The van der Waals surface area contributed by atoms with Crippen LogP contribution in [0.5, 0.6) is 0 Å². The van der Waals surface area contributed by atoms with E-state index in [-0.39, 0.29) is 0 Å². The van der Waals surface area contributed by atoms with E-state index in [2.05, 4.69) is 22.6 Å². The predicted octanol–water partition coefficient (Wildman–Crippen LogP) is 5.91. The molecule has 0 aliphatic heterocycles. The summed E-state index contributed by atoms with van der Waals surface area (Å²) in [6, 6.07) is 3.50. The Labute approximate surface area is 150 Å². The Morgan fingerprint density at radius 2 is 1.43 bits per heavy atom. The minimum absolute atomic E-state index is 0.470. The van der Waals surface area contributed by atoms with Gasteiger partial charge in [0, 0.05) is 24.0 Å². The zero-order valence-corrected chi connectivity index (χ0v) is 14.5. The van der Waals surface area contributed by atoms with Crippen molar-refractivity contribution in [3.63, 3.8) is 0 Å². The van der Waals surface area contributed by atoms with Gasteiger partial charge in [-0.15, -0.1) is 0 Å². The smallest absolute Gasteiger partial charge is 0.130 e. The molecular formula is C18H13Cl3N2. The van der Waals surface area contributed by atoms with E-state index in [0.29, 0.717) is 10.2 Å². The molecule has 0 saturated carbocycles. The minimum atomic E-state index is 0.470. The van der Waals surface area contributed by atoms with Gasteiger partial charge >= 0.3 is 0 Å². The van der Waals surface area contributed by atoms with Crippen LogP contribution in [0.2, 0.25) is 15.2 Å². The first-order valence-electron chi connectivity index (χ1n) is 7.08. The number of hydrogen-bond donors (Lipinski definition) is 0. The van der Waals surface area contributed by atoms with E-state index >= 15 is 0 Å². The number of hydrogen-bond acceptors (Lipinski definition) is 2. The van der Waals surface area contributed by atoms with Gasteiger partial charge in [-0.05, 0) is 18.2 Å². The number of nitrogens with zero attached hydrogens (tertiary/aromatic N) is 2. The molecule has 2 aromatic heterocycles. The lowest BCUT2D eigenvalue weighted by Gasteiger charge is -2.01. The number of allylic oxidation sites excluding steroid dienone is 2. The number of pyridine rings is 2. The predicted molar refractivity (Wildman–Crippen MR) is 99.1 cm³/mol. The van der Waals surface area contributed by atoms with Gasteiger partial charge in [0.2, 0.25) is 0 Å². The lowest BCUT2D eigenvalue weighted by Crippen LogP contribution is -1.91. The van der Waals surface area contributed by atoms with E-state index < -0.39 is 0 Å². The van der Waals surface area contributed by atoms with E-state index in [1.54, 1.807) is 12.1 Å². The maximum atomic E-state index is 6.01. The fourth-order valence-electron chi connectivity index (χ4n) is 2.48. The summed E-state index contributed by atoms with van der Waals surface area (Å²) >= 11 is 17.6. The molecule has 2 heterocycles. The van der Waals surface area contributed by atoms with Crippen LogP contribution in [0.3, 0.4) is 0 Å². The summed E-state index contributed by atoms with van der Waals surface area (Å²) < 4.78 is 0. The molecule has 0 radical (unpaired) electrons. The topological polar surface area (TPSA) is 25.8 Å². The Morgan fingerprint density at radius 1 is 0.870 bits per heavy atom. The summed E-state index contributed by atoms with van der Waals surface area (Å²) in [6.45, 7) is 3.66. The van der Waals surface area contributed by atoms with Gasteiger partial charge in [0.05, 0.1) is 27.1 Å². The highest BCUT2D eigenvalue weighted by Gasteiger charge is 2.11. The van der Waals surface area contributed by atoms with Crippen LogP contribution in [0.25, 0.3) is 18.2 Å². The van der Waals surface area contributed by atoms with E-state index in [4.69, 9.17) is 34.8 Å². The largest absolute Gasteiger partial charge is 0.252 e. The van der Waals surface area contributed by atoms with Crippen molar-refractivity contribution in [2.24, 2.45) is 0 Å². The normalized spacial score (nSPS) is 13.3. The van der Waals surface area contributed by atoms with Crippen LogP contribution in [-0.4, -0.2) is 9.97 Å². The third-order valence-corrected chi connectivity index (χ3v) is 4.38. The van der Waals surface area contributed by atoms with Gasteiger partial charge in [-0.25, -0.2) is 4.98 Å². The summed E-state index contributed by atoms with van der Waals surface area (Å²) in [5.74, 6) is 0. The molecular weight excluding hydrogens is 351 g/mol. The average molecular weight is 364 g/mol. The Kier molecular flexibility index (Phi) is 4.86. The first-order valence-corrected chi connectivity index (χ1v) is 8.21. The Balaban J connectivity index is 0.000000136. The fourth-order valence-corrected chi connectivity index (χ4v) is 3.31. The zero-order valence-electron chi connectivity index (χ0n) is 12.2. The van der Waals surface area contributed by atoms with Gasteiger partial charge in [-0.2, -0.15) is 0 Å². The maximum absolute atomic E-state index is 6.01. The molecule has 0 bridgehead atoms. The molecule has 116 valence electrons. The monoisotopic (exact) mass is 362 g/mol. The number of aromatic nitrogens is 2. The lowest BCUT2D eigenvalue weighted by molar-refractivity contribution is 1.12. The average Bonchev–Trinajstić information content (AvgIpc) is 3.16. The molecule has 0 fully saturated rings. The van der Waals surface area contributed by atoms with Crippen molar-refractivity contribution >= 4 is 53.0 Å². The zero-order chi connectivity index (χ0) is 16.4. The highest BCUT2D eigenvalue weighted by Crippen LogP contribution is 2.28. The van der Waals surface area contributed by atoms with Gasteiger partial charge < -0.3 is 0 Å². The molecule has 0 aromatic carbocycles. The van der Waals surface area contributed by atoms with Crippen molar-refractivity contribution in [2.75, 3.05) is 0 Å². The van der Waals surface area contributed by atoms with Gasteiger partial charge in [-0.3, -0.25) is 4.98 Å². The van der Waals surface area contributed by atoms with Crippen LogP contribution in [-0.2, 0) is 12.8 Å². The molecule has 4 rings (SSSR count). The summed E-state index contributed by atoms with van der Waals surface area (Å²) in [6.07, 6.45) is 11.5. The quantitative estimate of drug-likeness (QED) is 0.589. The summed E-state index contributed by atoms with van der Waals surface area (Å²) in [5.41, 5.74) is 4.95. The molecule has 0 saturated heterocycles. The SMILES string of the molecule is C=Cc1cc(Cl)c2c(n1)CC=C2.Clc1cc(Cl)c2c(n1)CC=C2. The van der Waals surface area contributed by atoms with Gasteiger partial charge in [0.15, 0.2) is 0 Å². The van der Waals surface area contributed by atoms with Crippen molar-refractivity contribution in [3.8, 4) is 0 Å². The Bertz CT molecular complexity index is 839. The molecule has 0 unspecified atom stereocenters. The van der Waals surface area contributed by atoms with Crippen molar-refractivity contribution in [1.29, 1.82) is 0 Å². The maximum Gasteiger partial charge on any atom is 0.130 e. The van der Waals surface area contributed by atoms with Crippen LogP contribution in [0.4, 0.5) is 0 Å². The van der Waals surface area contributed by atoms with Gasteiger partial charge in [0.1, 0.15) is 5.15 Å². The van der Waals surface area contributed by atoms with Crippen molar-refractivity contribution < 1.29 is 0 Å². The van der Waals surface area contributed by atoms with Crippen LogP contribution in [0.15, 0.2) is 30.9 Å². The molecule has 2 aliphatic rings. The van der Waals surface area contributed by atoms with Crippen molar-refractivity contribution in [2.45, 2.75) is 12.8 Å². The second-order valence-corrected chi connectivity index (χ2v) is 6.30. The van der Waals surface area contributed by atoms with Gasteiger partial charge in [-0.1, -0.05) is 65.7 Å². The molecule has 0 atom stereocenters. The summed E-state index contributed by atoms with van der Waals surface area (Å²) in [4.78, 5) is 8.50. The van der Waals surface area contributed by atoms with Gasteiger partial charge in [0.25, 0.3) is 0 Å². The van der Waals surface area contributed by atoms with E-state index in [1.807, 2.05) is 24.3 Å². The molecule has 5 heteroatoms. The molecule has 0 N–H and O–H groups in total. The molecule has 23 heavy (non-hydrogen) atoms. The number of rotatable bonds is 1. The number of fused-ring (bicyclic) bond motifs is 2. The molecule has 0 spiro atoms. The second-order valence-electron chi connectivity index (χ2n) is 5.09. The van der Waals surface area contributed by atoms with E-state index in [9.17, 15) is 0 Å². The standard InChI is InChI=1S/C10H8ClN.C8H5Cl2N/c1-2-7-6-9(11)8-4-3-5-10(8)12-7;9-6-4-8(10)11-7-3-1-2-5(6)7/h2-4,6H,1,5H2;1-2,4H,3H2. The van der Waals surface area contributed by atoms with Crippen LogP contribution in [0.1, 0.15) is 28.2 Å². The lowest BCUT2D eigenvalue weighted by atomic mass is 10.2. The van der Waals surface area contributed by atoms with Crippen LogP contribution in [0, 0.1) is 0 Å². The highest BCUT2D eigenvalue weighted by molar-refractivity contribution is 6.35. The first kappa shape index (κ1) is 16.3. The Hall–Kier alpha value is -1.61. The third kappa shape index (κ3) is 3.50. The van der Waals surface area contributed by atoms with E-state index in [1.165, 1.54) is 0 Å². The molecule has 2 aliphatic carbocycles. The van der Waals surface area contributed by atoms with Crippen molar-refractivity contribution in [1.82, 2.24) is 9.97 Å². The summed E-state index contributed by atoms with van der Waals surface area (Å²) in [7, 11) is 0. The molecule has 2 aromatic rings. The summed E-state index contributed by atoms with van der Waals surface area (Å²) in [5, 5.41) is 1.93. The van der Waals surface area contributed by atoms with Crippen LogP contribution < -0.4 is 0 Å². The fraction of sp³-hybridized carbons (Fsp3) is 0.111. The second kappa shape index (κ2) is 6.88. The minimum Gasteiger partial charge on any atom is -0.252 e. The van der Waals surface area contributed by atoms with E-state index in [0.717, 1.165) is 46.1 Å².